The minimum atomic E-state index is -3.57. The highest BCUT2D eigenvalue weighted by molar-refractivity contribution is 9.10. The fraction of sp³-hybridized carbons (Fsp3) is 0.231. The molecule has 108 valence electrons. The normalized spacial score (nSPS) is 11.3. The van der Waals surface area contributed by atoms with Crippen molar-refractivity contribution in [2.24, 2.45) is 0 Å². The Balaban J connectivity index is 2.28. The predicted octanol–water partition coefficient (Wildman–Crippen LogP) is 4.02. The van der Waals surface area contributed by atoms with E-state index in [0.29, 0.717) is 16.8 Å². The number of hydrogen-bond acceptors (Lipinski definition) is 4. The number of anilines is 1. The summed E-state index contributed by atoms with van der Waals surface area (Å²) in [5.74, 6) is 0.727. The minimum Gasteiger partial charge on any atom is -0.494 e. The maximum absolute atomic E-state index is 12.3. The van der Waals surface area contributed by atoms with Crippen LogP contribution in [0.25, 0.3) is 0 Å². The van der Waals surface area contributed by atoms with E-state index in [2.05, 4.69) is 20.7 Å². The summed E-state index contributed by atoms with van der Waals surface area (Å²) in [5, 5.41) is 1.73. The lowest BCUT2D eigenvalue weighted by Crippen LogP contribution is -2.12. The quantitative estimate of drug-likeness (QED) is 0.858. The molecule has 0 aliphatic rings. The standard InChI is InChI=1S/C13H14BrNO3S2/c1-3-18-10-4-5-12(9(2)8-10)15-20(16,17)13-11(14)6-7-19-13/h4-8,15H,3H2,1-2H3. The maximum Gasteiger partial charge on any atom is 0.272 e. The SMILES string of the molecule is CCOc1ccc(NS(=O)(=O)c2sccc2Br)c(C)c1. The average Bonchev–Trinajstić information content (AvgIpc) is 2.80. The summed E-state index contributed by atoms with van der Waals surface area (Å²) in [6, 6.07) is 6.98. The molecule has 1 aromatic carbocycles. The summed E-state index contributed by atoms with van der Waals surface area (Å²) >= 11 is 4.41. The van der Waals surface area contributed by atoms with Crippen LogP contribution in [0.4, 0.5) is 5.69 Å². The average molecular weight is 376 g/mol. The summed E-state index contributed by atoms with van der Waals surface area (Å²) in [4.78, 5) is 0. The zero-order valence-electron chi connectivity index (χ0n) is 11.0. The first-order chi connectivity index (χ1) is 9.44. The van der Waals surface area contributed by atoms with Crippen molar-refractivity contribution in [2.75, 3.05) is 11.3 Å². The van der Waals surface area contributed by atoms with Gasteiger partial charge in [-0.2, -0.15) is 0 Å². The number of halogens is 1. The molecule has 0 unspecified atom stereocenters. The summed E-state index contributed by atoms with van der Waals surface area (Å²) in [7, 11) is -3.57. The van der Waals surface area contributed by atoms with Gasteiger partial charge in [0.25, 0.3) is 10.0 Å². The molecule has 4 nitrogen and oxygen atoms in total. The van der Waals surface area contributed by atoms with E-state index in [9.17, 15) is 8.42 Å². The first-order valence-corrected chi connectivity index (χ1v) is 9.09. The van der Waals surface area contributed by atoms with E-state index in [1.54, 1.807) is 23.6 Å². The van der Waals surface area contributed by atoms with E-state index in [4.69, 9.17) is 4.74 Å². The number of sulfonamides is 1. The van der Waals surface area contributed by atoms with Crippen molar-refractivity contribution >= 4 is 43.0 Å². The van der Waals surface area contributed by atoms with E-state index < -0.39 is 10.0 Å². The largest absolute Gasteiger partial charge is 0.494 e. The Morgan fingerprint density at radius 1 is 1.35 bits per heavy atom. The van der Waals surface area contributed by atoms with Crippen LogP contribution >= 0.6 is 27.3 Å². The molecule has 1 heterocycles. The molecule has 0 bridgehead atoms. The van der Waals surface area contributed by atoms with Gasteiger partial charge in [0.05, 0.1) is 12.3 Å². The van der Waals surface area contributed by atoms with Crippen molar-refractivity contribution < 1.29 is 13.2 Å². The molecular formula is C13H14BrNO3S2. The lowest BCUT2D eigenvalue weighted by Gasteiger charge is -2.11. The molecule has 0 fully saturated rings. The molecule has 1 N–H and O–H groups in total. The van der Waals surface area contributed by atoms with Crippen molar-refractivity contribution in [3.63, 3.8) is 0 Å². The lowest BCUT2D eigenvalue weighted by molar-refractivity contribution is 0.340. The van der Waals surface area contributed by atoms with Crippen LogP contribution in [-0.4, -0.2) is 15.0 Å². The van der Waals surface area contributed by atoms with Gasteiger partial charge in [0.2, 0.25) is 0 Å². The topological polar surface area (TPSA) is 55.4 Å². The van der Waals surface area contributed by atoms with Crippen molar-refractivity contribution in [1.29, 1.82) is 0 Å². The van der Waals surface area contributed by atoms with E-state index in [1.165, 1.54) is 11.3 Å². The van der Waals surface area contributed by atoms with Gasteiger partial charge in [0.1, 0.15) is 5.75 Å². The zero-order valence-corrected chi connectivity index (χ0v) is 14.2. The first kappa shape index (κ1) is 15.3. The Morgan fingerprint density at radius 2 is 2.10 bits per heavy atom. The molecule has 2 aromatic rings. The van der Waals surface area contributed by atoms with Crippen molar-refractivity contribution in [3.05, 3.63) is 39.7 Å². The summed E-state index contributed by atoms with van der Waals surface area (Å²) in [5.41, 5.74) is 1.36. The number of ether oxygens (including phenoxy) is 1. The van der Waals surface area contributed by atoms with Gasteiger partial charge in [-0.15, -0.1) is 11.3 Å². The number of rotatable bonds is 5. The van der Waals surface area contributed by atoms with Crippen LogP contribution in [0.5, 0.6) is 5.75 Å². The molecule has 0 saturated heterocycles. The van der Waals surface area contributed by atoms with Gasteiger partial charge in [-0.3, -0.25) is 4.72 Å². The van der Waals surface area contributed by atoms with Gasteiger partial charge in [0, 0.05) is 4.47 Å². The van der Waals surface area contributed by atoms with Crippen LogP contribution in [0.1, 0.15) is 12.5 Å². The van der Waals surface area contributed by atoms with E-state index in [-0.39, 0.29) is 4.21 Å². The summed E-state index contributed by atoms with van der Waals surface area (Å²) in [6.45, 7) is 4.32. The van der Waals surface area contributed by atoms with E-state index in [0.717, 1.165) is 11.3 Å². The minimum absolute atomic E-state index is 0.269. The highest BCUT2D eigenvalue weighted by atomic mass is 79.9. The number of hydrogen-bond donors (Lipinski definition) is 1. The molecule has 1 aromatic heterocycles. The first-order valence-electron chi connectivity index (χ1n) is 5.93. The van der Waals surface area contributed by atoms with Gasteiger partial charge >= 0.3 is 0 Å². The molecule has 0 aliphatic carbocycles. The molecule has 0 saturated carbocycles. The van der Waals surface area contributed by atoms with E-state index >= 15 is 0 Å². The van der Waals surface area contributed by atoms with Crippen molar-refractivity contribution in [3.8, 4) is 5.75 Å². The monoisotopic (exact) mass is 375 g/mol. The second kappa shape index (κ2) is 6.15. The summed E-state index contributed by atoms with van der Waals surface area (Å²) < 4.78 is 33.4. The van der Waals surface area contributed by atoms with Crippen LogP contribution in [0.2, 0.25) is 0 Å². The number of benzene rings is 1. The zero-order chi connectivity index (χ0) is 14.8. The molecule has 0 radical (unpaired) electrons. The van der Waals surface area contributed by atoms with Crippen LogP contribution in [-0.2, 0) is 10.0 Å². The van der Waals surface area contributed by atoms with Gasteiger partial charge in [-0.25, -0.2) is 8.42 Å². The van der Waals surface area contributed by atoms with Crippen molar-refractivity contribution in [1.82, 2.24) is 0 Å². The van der Waals surface area contributed by atoms with Gasteiger partial charge in [-0.1, -0.05) is 0 Å². The highest BCUT2D eigenvalue weighted by Gasteiger charge is 2.20. The van der Waals surface area contributed by atoms with Crippen LogP contribution in [0, 0.1) is 6.92 Å². The van der Waals surface area contributed by atoms with Crippen LogP contribution < -0.4 is 9.46 Å². The Kier molecular flexibility index (Phi) is 4.72. The Morgan fingerprint density at radius 3 is 2.65 bits per heavy atom. The second-order valence-corrected chi connectivity index (χ2v) is 7.72. The number of thiophene rings is 1. The molecule has 2 rings (SSSR count). The van der Waals surface area contributed by atoms with Crippen LogP contribution in [0.15, 0.2) is 38.3 Å². The highest BCUT2D eigenvalue weighted by Crippen LogP contribution is 2.30. The maximum atomic E-state index is 12.3. The fourth-order valence-corrected chi connectivity index (χ4v) is 5.14. The Labute approximate surface area is 131 Å². The second-order valence-electron chi connectivity index (χ2n) is 4.07. The molecular weight excluding hydrogens is 362 g/mol. The molecule has 0 amide bonds. The van der Waals surface area contributed by atoms with E-state index in [1.807, 2.05) is 19.9 Å². The predicted molar refractivity (Wildman–Crippen MR) is 85.2 cm³/mol. The lowest BCUT2D eigenvalue weighted by atomic mass is 10.2. The molecule has 0 aliphatic heterocycles. The molecule has 20 heavy (non-hydrogen) atoms. The third-order valence-corrected chi connectivity index (χ3v) is 6.62. The summed E-state index contributed by atoms with van der Waals surface area (Å²) in [6.07, 6.45) is 0. The Hall–Kier alpha value is -1.05. The number of aryl methyl sites for hydroxylation is 1. The van der Waals surface area contributed by atoms with Crippen LogP contribution in [0.3, 0.4) is 0 Å². The molecule has 7 heteroatoms. The third kappa shape index (κ3) is 3.34. The van der Waals surface area contributed by atoms with Gasteiger partial charge in [0.15, 0.2) is 4.21 Å². The van der Waals surface area contributed by atoms with Crippen molar-refractivity contribution in [2.45, 2.75) is 18.1 Å². The fourth-order valence-electron chi connectivity index (χ4n) is 1.67. The molecule has 0 spiro atoms. The molecule has 0 atom stereocenters. The third-order valence-electron chi connectivity index (χ3n) is 2.58. The van der Waals surface area contributed by atoms with Gasteiger partial charge < -0.3 is 4.74 Å². The van der Waals surface area contributed by atoms with Gasteiger partial charge in [-0.05, 0) is 65.0 Å². The Bertz CT molecular complexity index is 710. The number of nitrogens with one attached hydrogen (secondary N) is 1. The smallest absolute Gasteiger partial charge is 0.272 e.